The van der Waals surface area contributed by atoms with Gasteiger partial charge in [-0.15, -0.1) is 0 Å². The molecule has 5 nitrogen and oxygen atoms in total. The molecule has 2 N–H and O–H groups in total. The predicted octanol–water partition coefficient (Wildman–Crippen LogP) is 1.64. The molecular formula is C14H16FNO4. The average molecular weight is 281 g/mol. The van der Waals surface area contributed by atoms with Gasteiger partial charge in [0.1, 0.15) is 11.9 Å². The van der Waals surface area contributed by atoms with Crippen LogP contribution in [0.2, 0.25) is 0 Å². The van der Waals surface area contributed by atoms with E-state index in [4.69, 9.17) is 9.84 Å². The fourth-order valence-corrected chi connectivity index (χ4v) is 2.17. The highest BCUT2D eigenvalue weighted by Gasteiger charge is 2.27. The van der Waals surface area contributed by atoms with Gasteiger partial charge in [0.2, 0.25) is 5.91 Å². The highest BCUT2D eigenvalue weighted by atomic mass is 19.1. The van der Waals surface area contributed by atoms with Gasteiger partial charge in [-0.1, -0.05) is 12.1 Å². The van der Waals surface area contributed by atoms with Crippen LogP contribution < -0.4 is 5.32 Å². The summed E-state index contributed by atoms with van der Waals surface area (Å²) in [6.45, 7) is 0.540. The van der Waals surface area contributed by atoms with Crippen molar-refractivity contribution in [3.05, 3.63) is 35.6 Å². The lowest BCUT2D eigenvalue weighted by atomic mass is 10.0. The number of halogens is 1. The third kappa shape index (κ3) is 3.77. The number of benzene rings is 1. The Morgan fingerprint density at radius 1 is 1.40 bits per heavy atom. The van der Waals surface area contributed by atoms with Crippen molar-refractivity contribution in [2.75, 3.05) is 6.61 Å². The van der Waals surface area contributed by atoms with E-state index in [9.17, 15) is 14.0 Å². The molecule has 2 rings (SSSR count). The number of carboxylic acid groups (broad SMARTS) is 1. The number of rotatable bonds is 5. The fourth-order valence-electron chi connectivity index (χ4n) is 2.17. The highest BCUT2D eigenvalue weighted by molar-refractivity contribution is 5.82. The first-order valence-corrected chi connectivity index (χ1v) is 6.45. The van der Waals surface area contributed by atoms with E-state index in [1.54, 1.807) is 0 Å². The van der Waals surface area contributed by atoms with Crippen LogP contribution in [0.15, 0.2) is 24.3 Å². The van der Waals surface area contributed by atoms with Crippen molar-refractivity contribution in [1.82, 2.24) is 5.32 Å². The fraction of sp³-hybridized carbons (Fsp3) is 0.429. The van der Waals surface area contributed by atoms with Crippen LogP contribution in [-0.4, -0.2) is 29.7 Å². The van der Waals surface area contributed by atoms with Crippen molar-refractivity contribution in [2.24, 2.45) is 0 Å². The Morgan fingerprint density at radius 3 is 2.65 bits per heavy atom. The topological polar surface area (TPSA) is 75.6 Å². The molecule has 1 aliphatic heterocycles. The zero-order valence-corrected chi connectivity index (χ0v) is 10.8. The molecule has 0 aliphatic carbocycles. The first-order chi connectivity index (χ1) is 9.56. The van der Waals surface area contributed by atoms with Gasteiger partial charge in [-0.2, -0.15) is 0 Å². The van der Waals surface area contributed by atoms with Gasteiger partial charge in [0.05, 0.1) is 12.5 Å². The zero-order chi connectivity index (χ0) is 14.5. The number of carbonyl (C=O) groups is 2. The molecule has 0 bridgehead atoms. The molecule has 1 aliphatic rings. The number of carbonyl (C=O) groups excluding carboxylic acids is 1. The maximum absolute atomic E-state index is 12.9. The van der Waals surface area contributed by atoms with Gasteiger partial charge in [0, 0.05) is 6.61 Å². The monoisotopic (exact) mass is 281 g/mol. The van der Waals surface area contributed by atoms with Gasteiger partial charge in [-0.25, -0.2) is 4.39 Å². The number of nitrogens with one attached hydrogen (secondary N) is 1. The van der Waals surface area contributed by atoms with Crippen molar-refractivity contribution < 1.29 is 23.8 Å². The summed E-state index contributed by atoms with van der Waals surface area (Å²) >= 11 is 0. The second-order valence-electron chi connectivity index (χ2n) is 4.71. The number of aliphatic carboxylic acids is 1. The van der Waals surface area contributed by atoms with Gasteiger partial charge in [-0.05, 0) is 30.5 Å². The second-order valence-corrected chi connectivity index (χ2v) is 4.71. The quantitative estimate of drug-likeness (QED) is 0.860. The minimum absolute atomic E-state index is 0.260. The van der Waals surface area contributed by atoms with Crippen molar-refractivity contribution in [3.63, 3.8) is 0 Å². The summed E-state index contributed by atoms with van der Waals surface area (Å²) in [6, 6.07) is 4.73. The van der Waals surface area contributed by atoms with Crippen molar-refractivity contribution in [2.45, 2.75) is 31.4 Å². The summed E-state index contributed by atoms with van der Waals surface area (Å²) in [4.78, 5) is 22.9. The number of hydrogen-bond donors (Lipinski definition) is 2. The largest absolute Gasteiger partial charge is 0.481 e. The SMILES string of the molecule is O=C(O)CC(NC(=O)[C@@H]1CCCO1)c1ccc(F)cc1. The van der Waals surface area contributed by atoms with E-state index in [1.807, 2.05) is 0 Å². The highest BCUT2D eigenvalue weighted by Crippen LogP contribution is 2.19. The first-order valence-electron chi connectivity index (χ1n) is 6.45. The zero-order valence-electron chi connectivity index (χ0n) is 10.8. The molecule has 1 saturated heterocycles. The molecule has 1 amide bonds. The van der Waals surface area contributed by atoms with E-state index in [1.165, 1.54) is 24.3 Å². The summed E-state index contributed by atoms with van der Waals surface area (Å²) in [5.74, 6) is -1.77. The Hall–Kier alpha value is -1.95. The summed E-state index contributed by atoms with van der Waals surface area (Å²) in [7, 11) is 0. The summed E-state index contributed by atoms with van der Waals surface area (Å²) in [6.07, 6.45) is 0.670. The second kappa shape index (κ2) is 6.47. The van der Waals surface area contributed by atoms with E-state index in [-0.39, 0.29) is 12.3 Å². The third-order valence-corrected chi connectivity index (χ3v) is 3.19. The Balaban J connectivity index is 2.08. The van der Waals surface area contributed by atoms with Crippen molar-refractivity contribution >= 4 is 11.9 Å². The van der Waals surface area contributed by atoms with Crippen LogP contribution in [-0.2, 0) is 14.3 Å². The molecule has 0 aromatic heterocycles. The molecular weight excluding hydrogens is 265 g/mol. The minimum Gasteiger partial charge on any atom is -0.481 e. The normalized spacial score (nSPS) is 19.6. The van der Waals surface area contributed by atoms with Gasteiger partial charge in [-0.3, -0.25) is 9.59 Å². The van der Waals surface area contributed by atoms with Gasteiger partial charge < -0.3 is 15.2 Å². The molecule has 20 heavy (non-hydrogen) atoms. The van der Waals surface area contributed by atoms with Gasteiger partial charge in [0.25, 0.3) is 0 Å². The van der Waals surface area contributed by atoms with E-state index >= 15 is 0 Å². The molecule has 1 heterocycles. The molecule has 1 aromatic carbocycles. The number of amides is 1. The predicted molar refractivity (Wildman–Crippen MR) is 68.5 cm³/mol. The van der Waals surface area contributed by atoms with E-state index in [0.717, 1.165) is 6.42 Å². The molecule has 0 saturated carbocycles. The molecule has 2 atom stereocenters. The summed E-state index contributed by atoms with van der Waals surface area (Å²) in [5.41, 5.74) is 0.556. The van der Waals surface area contributed by atoms with Crippen LogP contribution in [0.3, 0.4) is 0 Å². The van der Waals surface area contributed by atoms with E-state index in [2.05, 4.69) is 5.32 Å². The number of ether oxygens (including phenoxy) is 1. The minimum atomic E-state index is -1.04. The van der Waals surface area contributed by atoms with Crippen LogP contribution in [0, 0.1) is 5.82 Å². The van der Waals surface area contributed by atoms with Crippen LogP contribution >= 0.6 is 0 Å². The lowest BCUT2D eigenvalue weighted by Crippen LogP contribution is -2.37. The number of hydrogen-bond acceptors (Lipinski definition) is 3. The first kappa shape index (κ1) is 14.5. The molecule has 108 valence electrons. The lowest BCUT2D eigenvalue weighted by Gasteiger charge is -2.19. The molecule has 1 aromatic rings. The van der Waals surface area contributed by atoms with Crippen LogP contribution in [0.5, 0.6) is 0 Å². The Morgan fingerprint density at radius 2 is 2.10 bits per heavy atom. The maximum atomic E-state index is 12.9. The van der Waals surface area contributed by atoms with E-state index in [0.29, 0.717) is 18.6 Å². The van der Waals surface area contributed by atoms with Crippen molar-refractivity contribution in [1.29, 1.82) is 0 Å². The van der Waals surface area contributed by atoms with Crippen LogP contribution in [0.1, 0.15) is 30.9 Å². The maximum Gasteiger partial charge on any atom is 0.305 e. The van der Waals surface area contributed by atoms with E-state index < -0.39 is 23.9 Å². The van der Waals surface area contributed by atoms with Crippen LogP contribution in [0.4, 0.5) is 4.39 Å². The molecule has 1 unspecified atom stereocenters. The molecule has 1 fully saturated rings. The van der Waals surface area contributed by atoms with Gasteiger partial charge in [0.15, 0.2) is 0 Å². The molecule has 0 radical (unpaired) electrons. The molecule has 0 spiro atoms. The van der Waals surface area contributed by atoms with Gasteiger partial charge >= 0.3 is 5.97 Å². The van der Waals surface area contributed by atoms with Crippen LogP contribution in [0.25, 0.3) is 0 Å². The Kier molecular flexibility index (Phi) is 4.68. The Bertz CT molecular complexity index is 482. The molecule has 6 heteroatoms. The lowest BCUT2D eigenvalue weighted by molar-refractivity contribution is -0.138. The van der Waals surface area contributed by atoms with Crippen molar-refractivity contribution in [3.8, 4) is 0 Å². The summed E-state index contributed by atoms with van der Waals surface area (Å²) in [5, 5.41) is 11.6. The summed E-state index contributed by atoms with van der Waals surface area (Å²) < 4.78 is 18.2. The Labute approximate surface area is 115 Å². The number of carboxylic acids is 1. The standard InChI is InChI=1S/C14H16FNO4/c15-10-5-3-9(4-6-10)11(8-13(17)18)16-14(19)12-2-1-7-20-12/h3-6,11-12H,1-2,7-8H2,(H,16,19)(H,17,18)/t11?,12-/m0/s1. The average Bonchev–Trinajstić information content (AvgIpc) is 2.92. The third-order valence-electron chi connectivity index (χ3n) is 3.19. The smallest absolute Gasteiger partial charge is 0.305 e.